The molecule has 1 N–H and O–H groups in total. The second-order valence-corrected chi connectivity index (χ2v) is 6.77. The third-order valence-electron chi connectivity index (χ3n) is 4.94. The number of carbonyl (C=O) groups excluding carboxylic acids is 3. The van der Waals surface area contributed by atoms with Crippen LogP contribution in [-0.2, 0) is 9.59 Å². The predicted octanol–water partition coefficient (Wildman–Crippen LogP) is -0.0515. The molecule has 3 rings (SSSR count). The second-order valence-electron chi connectivity index (χ2n) is 6.77. The van der Waals surface area contributed by atoms with E-state index in [1.165, 1.54) is 0 Å². The number of urea groups is 1. The average molecular weight is 375 g/mol. The summed E-state index contributed by atoms with van der Waals surface area (Å²) in [7, 11) is 0. The maximum absolute atomic E-state index is 12.4. The average Bonchev–Trinajstić information content (AvgIpc) is 2.88. The molecule has 0 aromatic heterocycles. The lowest BCUT2D eigenvalue weighted by Crippen LogP contribution is -3.16. The van der Waals surface area contributed by atoms with Crippen molar-refractivity contribution in [3.63, 3.8) is 0 Å². The van der Waals surface area contributed by atoms with Crippen LogP contribution in [0.2, 0.25) is 0 Å². The van der Waals surface area contributed by atoms with E-state index in [2.05, 4.69) is 4.90 Å². The predicted molar refractivity (Wildman–Crippen MR) is 99.6 cm³/mol. The Morgan fingerprint density at radius 3 is 2.33 bits per heavy atom. The molecule has 8 nitrogen and oxygen atoms in total. The van der Waals surface area contributed by atoms with Gasteiger partial charge in [-0.3, -0.25) is 14.5 Å². The van der Waals surface area contributed by atoms with Crippen molar-refractivity contribution in [2.24, 2.45) is 0 Å². The van der Waals surface area contributed by atoms with E-state index >= 15 is 0 Å². The maximum Gasteiger partial charge on any atom is 0.338 e. The first-order valence-electron chi connectivity index (χ1n) is 9.54. The molecule has 0 spiro atoms. The van der Waals surface area contributed by atoms with E-state index in [1.807, 2.05) is 38.1 Å². The monoisotopic (exact) mass is 375 g/mol. The summed E-state index contributed by atoms with van der Waals surface area (Å²) >= 11 is 0. The van der Waals surface area contributed by atoms with Crippen LogP contribution in [-0.4, -0.2) is 73.6 Å². The minimum Gasteiger partial charge on any atom is -0.492 e. The van der Waals surface area contributed by atoms with Gasteiger partial charge in [-0.1, -0.05) is 19.1 Å². The van der Waals surface area contributed by atoms with Gasteiger partial charge in [-0.25, -0.2) is 9.69 Å². The Hall–Kier alpha value is -2.61. The quantitative estimate of drug-likeness (QED) is 0.534. The summed E-state index contributed by atoms with van der Waals surface area (Å²) in [5, 5.41) is 0. The van der Waals surface area contributed by atoms with E-state index in [4.69, 9.17) is 4.74 Å². The van der Waals surface area contributed by atoms with Crippen LogP contribution in [0.4, 0.5) is 10.5 Å². The summed E-state index contributed by atoms with van der Waals surface area (Å²) in [5.41, 5.74) is 1.07. The molecule has 0 radical (unpaired) electrons. The number of benzene rings is 1. The number of quaternary nitrogens is 1. The Bertz CT molecular complexity index is 715. The molecule has 0 saturated carbocycles. The number of nitrogens with one attached hydrogen (secondary N) is 1. The number of piperazine rings is 1. The van der Waals surface area contributed by atoms with Crippen LogP contribution in [0.5, 0.6) is 5.75 Å². The first-order chi connectivity index (χ1) is 13.1. The molecule has 0 bridgehead atoms. The van der Waals surface area contributed by atoms with E-state index in [0.717, 1.165) is 52.3 Å². The van der Waals surface area contributed by atoms with Crippen molar-refractivity contribution in [3.8, 4) is 5.75 Å². The van der Waals surface area contributed by atoms with Crippen molar-refractivity contribution in [3.05, 3.63) is 24.3 Å². The highest BCUT2D eigenvalue weighted by molar-refractivity contribution is 6.44. The standard InChI is InChI=1S/C19H26N4O4/c1-3-9-22-17(24)18(25)23(19(22)26)14-20-10-12-21(13-11-20)15-7-5-6-8-16(15)27-4-2/h5-8H,3-4,9-14H2,1-2H3/p+1. The zero-order valence-corrected chi connectivity index (χ0v) is 15.9. The molecule has 0 aliphatic carbocycles. The molecule has 27 heavy (non-hydrogen) atoms. The van der Waals surface area contributed by atoms with Crippen molar-refractivity contribution in [1.82, 2.24) is 9.80 Å². The van der Waals surface area contributed by atoms with E-state index in [-0.39, 0.29) is 13.2 Å². The fraction of sp³-hybridized carbons (Fsp3) is 0.526. The fourth-order valence-corrected chi connectivity index (χ4v) is 3.55. The summed E-state index contributed by atoms with van der Waals surface area (Å²) < 4.78 is 5.71. The molecule has 1 aromatic carbocycles. The van der Waals surface area contributed by atoms with Gasteiger partial charge in [-0.2, -0.15) is 0 Å². The van der Waals surface area contributed by atoms with E-state index in [0.29, 0.717) is 13.0 Å². The molecule has 0 unspecified atom stereocenters. The number of hydrogen-bond donors (Lipinski definition) is 1. The number of nitrogens with zero attached hydrogens (tertiary/aromatic N) is 3. The smallest absolute Gasteiger partial charge is 0.338 e. The molecule has 1 aromatic rings. The molecule has 2 aliphatic rings. The molecule has 146 valence electrons. The number of carbonyl (C=O) groups is 3. The Balaban J connectivity index is 1.60. The van der Waals surface area contributed by atoms with Gasteiger partial charge in [0.2, 0.25) is 0 Å². The second kappa shape index (κ2) is 8.39. The van der Waals surface area contributed by atoms with Gasteiger partial charge in [-0.15, -0.1) is 0 Å². The summed E-state index contributed by atoms with van der Waals surface area (Å²) in [4.78, 5) is 42.0. The van der Waals surface area contributed by atoms with Gasteiger partial charge in [0.1, 0.15) is 5.75 Å². The number of hydrogen-bond acceptors (Lipinski definition) is 5. The van der Waals surface area contributed by atoms with Crippen LogP contribution >= 0.6 is 0 Å². The van der Waals surface area contributed by atoms with Crippen LogP contribution in [0, 0.1) is 0 Å². The summed E-state index contributed by atoms with van der Waals surface area (Å²) in [6.07, 6.45) is 0.642. The van der Waals surface area contributed by atoms with Crippen molar-refractivity contribution in [2.75, 3.05) is 50.9 Å². The first kappa shape index (κ1) is 19.2. The van der Waals surface area contributed by atoms with Crippen LogP contribution in [0.15, 0.2) is 24.3 Å². The van der Waals surface area contributed by atoms with Crippen LogP contribution in [0.3, 0.4) is 0 Å². The molecule has 2 fully saturated rings. The number of rotatable bonds is 7. The number of para-hydroxylation sites is 2. The van der Waals surface area contributed by atoms with Crippen LogP contribution < -0.4 is 14.5 Å². The lowest BCUT2D eigenvalue weighted by atomic mass is 10.2. The zero-order valence-electron chi connectivity index (χ0n) is 15.9. The number of amides is 4. The topological polar surface area (TPSA) is 74.6 Å². The molecular weight excluding hydrogens is 348 g/mol. The van der Waals surface area contributed by atoms with Gasteiger partial charge < -0.3 is 14.5 Å². The molecule has 2 aliphatic heterocycles. The van der Waals surface area contributed by atoms with Gasteiger partial charge >= 0.3 is 17.8 Å². The highest BCUT2D eigenvalue weighted by Crippen LogP contribution is 2.27. The van der Waals surface area contributed by atoms with Gasteiger partial charge in [0.25, 0.3) is 0 Å². The van der Waals surface area contributed by atoms with Gasteiger partial charge in [0.15, 0.2) is 6.67 Å². The molecule has 8 heteroatoms. The normalized spacial score (nSPS) is 18.6. The number of imide groups is 2. The number of anilines is 1. The van der Waals surface area contributed by atoms with E-state index in [1.54, 1.807) is 0 Å². The fourth-order valence-electron chi connectivity index (χ4n) is 3.55. The highest BCUT2D eigenvalue weighted by Gasteiger charge is 2.45. The minimum atomic E-state index is -0.704. The van der Waals surface area contributed by atoms with Crippen LogP contribution in [0.25, 0.3) is 0 Å². The summed E-state index contributed by atoms with van der Waals surface area (Å²) in [5.74, 6) is -0.537. The van der Waals surface area contributed by atoms with Crippen molar-refractivity contribution >= 4 is 23.5 Å². The summed E-state index contributed by atoms with van der Waals surface area (Å²) in [6.45, 7) is 8.12. The minimum absolute atomic E-state index is 0.241. The van der Waals surface area contributed by atoms with Crippen LogP contribution in [0.1, 0.15) is 20.3 Å². The zero-order chi connectivity index (χ0) is 19.4. The largest absolute Gasteiger partial charge is 0.492 e. The molecule has 0 atom stereocenters. The SMILES string of the molecule is CCCN1C(=O)C(=O)N(C[NH+]2CCN(c3ccccc3OCC)CC2)C1=O. The van der Waals surface area contributed by atoms with Gasteiger partial charge in [0.05, 0.1) is 38.5 Å². The maximum atomic E-state index is 12.4. The number of ether oxygens (including phenoxy) is 1. The highest BCUT2D eigenvalue weighted by atomic mass is 16.5. The third kappa shape index (κ3) is 3.90. The Morgan fingerprint density at radius 1 is 1.00 bits per heavy atom. The molecule has 4 amide bonds. The third-order valence-corrected chi connectivity index (χ3v) is 4.94. The molecular formula is C19H27N4O4+. The summed E-state index contributed by atoms with van der Waals surface area (Å²) in [6, 6.07) is 7.48. The lowest BCUT2D eigenvalue weighted by Gasteiger charge is -2.35. The van der Waals surface area contributed by atoms with E-state index < -0.39 is 17.8 Å². The lowest BCUT2D eigenvalue weighted by molar-refractivity contribution is -0.907. The van der Waals surface area contributed by atoms with Crippen molar-refractivity contribution in [2.45, 2.75) is 20.3 Å². The first-order valence-corrected chi connectivity index (χ1v) is 9.54. The Labute approximate surface area is 159 Å². The van der Waals surface area contributed by atoms with Gasteiger partial charge in [-0.05, 0) is 25.5 Å². The van der Waals surface area contributed by atoms with Gasteiger partial charge in [0, 0.05) is 6.54 Å². The van der Waals surface area contributed by atoms with E-state index in [9.17, 15) is 14.4 Å². The van der Waals surface area contributed by atoms with Crippen molar-refractivity contribution in [1.29, 1.82) is 0 Å². The molecule has 2 saturated heterocycles. The Kier molecular flexibility index (Phi) is 5.95. The van der Waals surface area contributed by atoms with Crippen molar-refractivity contribution < 1.29 is 24.0 Å². The molecule has 2 heterocycles. The Morgan fingerprint density at radius 2 is 1.67 bits per heavy atom.